The maximum Gasteiger partial charge on any atom is 0.586 e. The second-order valence-corrected chi connectivity index (χ2v) is 4.06. The number of alkyl halides is 2. The average molecular weight is 241 g/mol. The number of hydrogen-bond donors (Lipinski definition) is 0. The molecule has 0 atom stereocenters. The Labute approximate surface area is 93.3 Å². The molecule has 6 heteroatoms. The van der Waals surface area contributed by atoms with Crippen molar-refractivity contribution in [2.45, 2.75) is 6.29 Å². The van der Waals surface area contributed by atoms with Gasteiger partial charge < -0.3 is 9.47 Å². The van der Waals surface area contributed by atoms with Gasteiger partial charge >= 0.3 is 6.29 Å². The van der Waals surface area contributed by atoms with Crippen LogP contribution in [0.25, 0.3) is 10.6 Å². The highest BCUT2D eigenvalue weighted by Crippen LogP contribution is 2.42. The number of rotatable bonds is 1. The molecule has 3 rings (SSSR count). The number of aromatic nitrogens is 1. The maximum absolute atomic E-state index is 12.8. The van der Waals surface area contributed by atoms with Crippen LogP contribution in [0.3, 0.4) is 0 Å². The summed E-state index contributed by atoms with van der Waals surface area (Å²) in [5.41, 5.74) is 0.732. The number of nitrogens with zero attached hydrogens (tertiary/aromatic N) is 1. The fourth-order valence-corrected chi connectivity index (χ4v) is 2.08. The Morgan fingerprint density at radius 3 is 2.75 bits per heavy atom. The molecule has 1 aromatic heterocycles. The second kappa shape index (κ2) is 3.15. The summed E-state index contributed by atoms with van der Waals surface area (Å²) in [6.45, 7) is 0. The van der Waals surface area contributed by atoms with Gasteiger partial charge in [-0.05, 0) is 18.2 Å². The van der Waals surface area contributed by atoms with E-state index in [1.807, 2.05) is 5.38 Å². The summed E-state index contributed by atoms with van der Waals surface area (Å²) >= 11 is 1.43. The van der Waals surface area contributed by atoms with Crippen LogP contribution in [-0.2, 0) is 0 Å². The van der Waals surface area contributed by atoms with Crippen molar-refractivity contribution in [1.82, 2.24) is 4.98 Å². The van der Waals surface area contributed by atoms with Crippen molar-refractivity contribution < 1.29 is 18.3 Å². The van der Waals surface area contributed by atoms with E-state index >= 15 is 0 Å². The zero-order valence-electron chi connectivity index (χ0n) is 7.81. The lowest BCUT2D eigenvalue weighted by Gasteiger charge is -2.04. The highest BCUT2D eigenvalue weighted by molar-refractivity contribution is 7.13. The van der Waals surface area contributed by atoms with Crippen LogP contribution in [0.2, 0.25) is 0 Å². The molecule has 1 aromatic carbocycles. The van der Waals surface area contributed by atoms with E-state index in [1.54, 1.807) is 12.3 Å². The van der Waals surface area contributed by atoms with Gasteiger partial charge in [0.1, 0.15) is 5.01 Å². The van der Waals surface area contributed by atoms with Crippen molar-refractivity contribution in [3.05, 3.63) is 29.8 Å². The zero-order valence-corrected chi connectivity index (χ0v) is 8.63. The standard InChI is InChI=1S/C10H5F2NO2S/c11-10(12)14-7-2-1-6(5-8(7)15-10)9-13-3-4-16-9/h1-5H. The van der Waals surface area contributed by atoms with Crippen LogP contribution in [0, 0.1) is 0 Å². The van der Waals surface area contributed by atoms with E-state index in [1.165, 1.54) is 23.5 Å². The van der Waals surface area contributed by atoms with Gasteiger partial charge in [0.05, 0.1) is 0 Å². The second-order valence-electron chi connectivity index (χ2n) is 3.17. The normalized spacial score (nSPS) is 16.4. The largest absolute Gasteiger partial charge is 0.586 e. The summed E-state index contributed by atoms with van der Waals surface area (Å²) in [7, 11) is 0. The van der Waals surface area contributed by atoms with Gasteiger partial charge in [-0.25, -0.2) is 4.98 Å². The van der Waals surface area contributed by atoms with Crippen molar-refractivity contribution in [1.29, 1.82) is 0 Å². The minimum absolute atomic E-state index is 0.0395. The molecule has 0 saturated carbocycles. The van der Waals surface area contributed by atoms with Gasteiger partial charge in [-0.1, -0.05) is 0 Å². The number of fused-ring (bicyclic) bond motifs is 1. The molecule has 1 aliphatic heterocycles. The van der Waals surface area contributed by atoms with E-state index in [-0.39, 0.29) is 11.5 Å². The summed E-state index contributed by atoms with van der Waals surface area (Å²) in [6, 6.07) is 4.62. The van der Waals surface area contributed by atoms with Crippen molar-refractivity contribution in [3.8, 4) is 22.1 Å². The Hall–Kier alpha value is -1.69. The molecule has 0 fully saturated rings. The SMILES string of the molecule is FC1(F)Oc2ccc(-c3nccs3)cc2O1. The van der Waals surface area contributed by atoms with Gasteiger partial charge in [0.15, 0.2) is 11.5 Å². The number of thiazole rings is 1. The zero-order chi connectivity index (χ0) is 11.2. The highest BCUT2D eigenvalue weighted by Gasteiger charge is 2.43. The van der Waals surface area contributed by atoms with Gasteiger partial charge in [-0.2, -0.15) is 0 Å². The summed E-state index contributed by atoms with van der Waals surface area (Å²) in [5.74, 6) is 0.0861. The molecule has 0 radical (unpaired) electrons. The number of benzene rings is 1. The Balaban J connectivity index is 2.03. The molecule has 0 unspecified atom stereocenters. The van der Waals surface area contributed by atoms with Gasteiger partial charge in [0, 0.05) is 17.1 Å². The molecule has 0 spiro atoms. The van der Waals surface area contributed by atoms with Crippen LogP contribution >= 0.6 is 11.3 Å². The Bertz CT molecular complexity index is 528. The molecule has 0 saturated heterocycles. The summed E-state index contributed by atoms with van der Waals surface area (Å²) in [6.07, 6.45) is -1.91. The smallest absolute Gasteiger partial charge is 0.395 e. The molecule has 0 amide bonds. The highest BCUT2D eigenvalue weighted by atomic mass is 32.1. The predicted octanol–water partition coefficient (Wildman–Crippen LogP) is 3.13. The van der Waals surface area contributed by atoms with Crippen molar-refractivity contribution >= 4 is 11.3 Å². The molecule has 0 aliphatic carbocycles. The van der Waals surface area contributed by atoms with Crippen LogP contribution in [0.5, 0.6) is 11.5 Å². The Kier molecular flexibility index (Phi) is 1.88. The minimum atomic E-state index is -3.57. The van der Waals surface area contributed by atoms with Crippen LogP contribution in [0.1, 0.15) is 0 Å². The van der Waals surface area contributed by atoms with Crippen LogP contribution in [0.15, 0.2) is 29.8 Å². The Morgan fingerprint density at radius 1 is 1.19 bits per heavy atom. The predicted molar refractivity (Wildman–Crippen MR) is 53.8 cm³/mol. The third kappa shape index (κ3) is 1.51. The number of halogens is 2. The van der Waals surface area contributed by atoms with Crippen LogP contribution in [0.4, 0.5) is 8.78 Å². The maximum atomic E-state index is 12.8. The van der Waals surface area contributed by atoms with Gasteiger partial charge in [-0.15, -0.1) is 20.1 Å². The van der Waals surface area contributed by atoms with E-state index in [4.69, 9.17) is 0 Å². The van der Waals surface area contributed by atoms with E-state index in [2.05, 4.69) is 14.5 Å². The summed E-state index contributed by atoms with van der Waals surface area (Å²) < 4.78 is 34.2. The molecule has 0 N–H and O–H groups in total. The molecule has 1 aliphatic rings. The monoisotopic (exact) mass is 241 g/mol. The van der Waals surface area contributed by atoms with Crippen molar-refractivity contribution in [2.75, 3.05) is 0 Å². The van der Waals surface area contributed by atoms with Crippen molar-refractivity contribution in [3.63, 3.8) is 0 Å². The Morgan fingerprint density at radius 2 is 2.00 bits per heavy atom. The molecular formula is C10H5F2NO2S. The molecule has 2 aromatic rings. The summed E-state index contributed by atoms with van der Waals surface area (Å²) in [4.78, 5) is 4.08. The third-order valence-electron chi connectivity index (χ3n) is 2.08. The molecule has 2 heterocycles. The lowest BCUT2D eigenvalue weighted by molar-refractivity contribution is -0.286. The van der Waals surface area contributed by atoms with E-state index in [0.29, 0.717) is 0 Å². The van der Waals surface area contributed by atoms with E-state index < -0.39 is 6.29 Å². The molecule has 0 bridgehead atoms. The average Bonchev–Trinajstić information content (AvgIpc) is 2.80. The van der Waals surface area contributed by atoms with Crippen LogP contribution in [-0.4, -0.2) is 11.3 Å². The first-order chi connectivity index (χ1) is 7.64. The van der Waals surface area contributed by atoms with Gasteiger partial charge in [0.2, 0.25) is 0 Å². The first-order valence-electron chi connectivity index (χ1n) is 4.44. The number of ether oxygens (including phenoxy) is 2. The fourth-order valence-electron chi connectivity index (χ4n) is 1.45. The molecular weight excluding hydrogens is 236 g/mol. The van der Waals surface area contributed by atoms with E-state index in [0.717, 1.165) is 10.6 Å². The lowest BCUT2D eigenvalue weighted by Crippen LogP contribution is -2.25. The lowest BCUT2D eigenvalue weighted by atomic mass is 10.2. The topological polar surface area (TPSA) is 31.4 Å². The summed E-state index contributed by atoms with van der Waals surface area (Å²) in [5, 5.41) is 2.57. The molecule has 82 valence electrons. The number of hydrogen-bond acceptors (Lipinski definition) is 4. The third-order valence-corrected chi connectivity index (χ3v) is 2.90. The minimum Gasteiger partial charge on any atom is -0.395 e. The van der Waals surface area contributed by atoms with Gasteiger partial charge in [0.25, 0.3) is 0 Å². The molecule has 16 heavy (non-hydrogen) atoms. The van der Waals surface area contributed by atoms with Gasteiger partial charge in [-0.3, -0.25) is 0 Å². The first kappa shape index (κ1) is 9.53. The fraction of sp³-hybridized carbons (Fsp3) is 0.100. The molecule has 3 nitrogen and oxygen atoms in total. The van der Waals surface area contributed by atoms with Crippen LogP contribution < -0.4 is 9.47 Å². The van der Waals surface area contributed by atoms with Crippen molar-refractivity contribution in [2.24, 2.45) is 0 Å². The quantitative estimate of drug-likeness (QED) is 0.768. The first-order valence-corrected chi connectivity index (χ1v) is 5.32. The van der Waals surface area contributed by atoms with E-state index in [9.17, 15) is 8.78 Å².